The molecule has 0 radical (unpaired) electrons. The van der Waals surface area contributed by atoms with Gasteiger partial charge in [0.15, 0.2) is 0 Å². The third-order valence-corrected chi connectivity index (χ3v) is 5.42. The Morgan fingerprint density at radius 1 is 0.929 bits per heavy atom. The van der Waals surface area contributed by atoms with Gasteiger partial charge in [0.05, 0.1) is 0 Å². The van der Waals surface area contributed by atoms with Gasteiger partial charge in [0.1, 0.15) is 5.75 Å². The number of phenolic OH excluding ortho intramolecular Hbond substituents is 1. The first-order chi connectivity index (χ1) is 11.9. The third-order valence-electron chi connectivity index (χ3n) is 5.42. The molecule has 1 aliphatic heterocycles. The van der Waals surface area contributed by atoms with Crippen molar-refractivity contribution >= 4 is 24.8 Å². The van der Waals surface area contributed by atoms with Crippen molar-refractivity contribution < 1.29 is 5.11 Å². The Hall–Kier alpha value is -0.480. The third kappa shape index (κ3) is 6.79. The molecule has 0 bridgehead atoms. The number of nitrogens with zero attached hydrogens (tertiary/aromatic N) is 1. The lowest BCUT2D eigenvalue weighted by Gasteiger charge is -2.38. The number of hydrogen-bond donors (Lipinski definition) is 2. The van der Waals surface area contributed by atoms with Crippen LogP contribution in [0.15, 0.2) is 12.1 Å². The minimum atomic E-state index is -0.0775. The highest BCUT2D eigenvalue weighted by Crippen LogP contribution is 2.42. The van der Waals surface area contributed by atoms with Gasteiger partial charge >= 0.3 is 0 Å². The molecule has 2 rings (SSSR count). The lowest BCUT2D eigenvalue weighted by molar-refractivity contribution is 0.153. The summed E-state index contributed by atoms with van der Waals surface area (Å²) in [6.45, 7) is 22.1. The molecule has 0 amide bonds. The average Bonchev–Trinajstić information content (AvgIpc) is 2.51. The zero-order valence-corrected chi connectivity index (χ0v) is 20.7. The number of nitrogens with one attached hydrogen (secondary N) is 1. The van der Waals surface area contributed by atoms with Crippen LogP contribution in [0.4, 0.5) is 0 Å². The molecule has 1 aromatic carbocycles. The minimum Gasteiger partial charge on any atom is -0.507 e. The highest BCUT2D eigenvalue weighted by Gasteiger charge is 2.30. The van der Waals surface area contributed by atoms with Gasteiger partial charge in [-0.2, -0.15) is 0 Å². The van der Waals surface area contributed by atoms with Crippen LogP contribution in [0.2, 0.25) is 0 Å². The van der Waals surface area contributed by atoms with Gasteiger partial charge in [0.2, 0.25) is 0 Å². The van der Waals surface area contributed by atoms with Gasteiger partial charge in [-0.1, -0.05) is 55.4 Å². The summed E-state index contributed by atoms with van der Waals surface area (Å²) >= 11 is 0. The summed E-state index contributed by atoms with van der Waals surface area (Å²) in [5.41, 5.74) is 3.36. The van der Waals surface area contributed by atoms with Crippen LogP contribution in [-0.2, 0) is 10.8 Å². The summed E-state index contributed by atoms with van der Waals surface area (Å²) in [5, 5.41) is 14.5. The lowest BCUT2D eigenvalue weighted by atomic mass is 9.77. The number of rotatable bonds is 4. The summed E-state index contributed by atoms with van der Waals surface area (Å²) < 4.78 is 0. The van der Waals surface area contributed by atoms with Gasteiger partial charge in [-0.05, 0) is 52.0 Å². The summed E-state index contributed by atoms with van der Waals surface area (Å²) in [6.07, 6.45) is 1.15. The van der Waals surface area contributed by atoms with Crippen LogP contribution in [0.5, 0.6) is 5.75 Å². The SMILES string of the molecule is CC(C)C[C@H](c1cc(C(C)(C)C)c(O)c(C(C)(C)C)c1)N1CCNCC1.Cl.Cl. The van der Waals surface area contributed by atoms with E-state index in [1.165, 1.54) is 5.56 Å². The minimum absolute atomic E-state index is 0. The predicted molar refractivity (Wildman–Crippen MR) is 127 cm³/mol. The van der Waals surface area contributed by atoms with E-state index in [4.69, 9.17) is 0 Å². The molecule has 1 atom stereocenters. The molecule has 5 heteroatoms. The van der Waals surface area contributed by atoms with Crippen LogP contribution in [0.25, 0.3) is 0 Å². The quantitative estimate of drug-likeness (QED) is 0.628. The van der Waals surface area contributed by atoms with Crippen molar-refractivity contribution in [2.75, 3.05) is 26.2 Å². The van der Waals surface area contributed by atoms with Crippen LogP contribution < -0.4 is 5.32 Å². The number of phenols is 1. The van der Waals surface area contributed by atoms with Crippen molar-refractivity contribution in [1.82, 2.24) is 10.2 Å². The second-order valence-corrected chi connectivity index (χ2v) is 10.4. The summed E-state index contributed by atoms with van der Waals surface area (Å²) in [6, 6.07) is 4.97. The van der Waals surface area contributed by atoms with Crippen LogP contribution in [0.3, 0.4) is 0 Å². The maximum absolute atomic E-state index is 11.0. The van der Waals surface area contributed by atoms with Gasteiger partial charge in [-0.25, -0.2) is 0 Å². The van der Waals surface area contributed by atoms with Crippen molar-refractivity contribution in [2.45, 2.75) is 78.7 Å². The van der Waals surface area contributed by atoms with E-state index < -0.39 is 0 Å². The molecule has 1 aromatic rings. The zero-order chi connectivity index (χ0) is 19.7. The first-order valence-corrected chi connectivity index (χ1v) is 10.2. The van der Waals surface area contributed by atoms with Crippen molar-refractivity contribution in [3.8, 4) is 5.75 Å². The molecule has 0 aromatic heterocycles. The second-order valence-electron chi connectivity index (χ2n) is 10.4. The first kappa shape index (κ1) is 27.5. The predicted octanol–water partition coefficient (Wildman–Crippen LogP) is 5.82. The molecule has 164 valence electrons. The van der Waals surface area contributed by atoms with Crippen LogP contribution in [0, 0.1) is 5.92 Å². The van der Waals surface area contributed by atoms with Crippen LogP contribution in [0.1, 0.15) is 84.5 Å². The van der Waals surface area contributed by atoms with Crippen molar-refractivity contribution in [1.29, 1.82) is 0 Å². The fourth-order valence-corrected chi connectivity index (χ4v) is 3.93. The van der Waals surface area contributed by atoms with E-state index in [0.717, 1.165) is 43.7 Å². The summed E-state index contributed by atoms with van der Waals surface area (Å²) in [7, 11) is 0. The fraction of sp³-hybridized carbons (Fsp3) is 0.739. The van der Waals surface area contributed by atoms with Gasteiger partial charge in [-0.15, -0.1) is 24.8 Å². The van der Waals surface area contributed by atoms with Crippen molar-refractivity contribution in [3.63, 3.8) is 0 Å². The summed E-state index contributed by atoms with van der Waals surface area (Å²) in [4.78, 5) is 2.63. The van der Waals surface area contributed by atoms with E-state index in [9.17, 15) is 5.11 Å². The molecule has 1 aliphatic rings. The molecule has 0 unspecified atom stereocenters. The molecule has 3 nitrogen and oxygen atoms in total. The first-order valence-electron chi connectivity index (χ1n) is 10.2. The Labute approximate surface area is 185 Å². The van der Waals surface area contributed by atoms with Crippen LogP contribution in [-0.4, -0.2) is 36.2 Å². The fourth-order valence-electron chi connectivity index (χ4n) is 3.93. The van der Waals surface area contributed by atoms with Crippen molar-refractivity contribution in [3.05, 3.63) is 28.8 Å². The Bertz CT molecular complexity index is 577. The highest BCUT2D eigenvalue weighted by atomic mass is 35.5. The maximum Gasteiger partial charge on any atom is 0.123 e. The molecule has 1 fully saturated rings. The number of piperazine rings is 1. The second kappa shape index (κ2) is 10.5. The standard InChI is InChI=1S/C23H40N2O.2ClH/c1-16(2)13-20(25-11-9-24-10-12-25)17-14-18(22(3,4)5)21(26)19(15-17)23(6,7)8;;/h14-16,20,24,26H,9-13H2,1-8H3;2*1H/t20-;;/m1../s1. The molecule has 0 spiro atoms. The monoisotopic (exact) mass is 432 g/mol. The van der Waals surface area contributed by atoms with E-state index in [0.29, 0.717) is 17.7 Å². The van der Waals surface area contributed by atoms with E-state index in [2.05, 4.69) is 77.7 Å². The number of halogens is 2. The molecular weight excluding hydrogens is 391 g/mol. The number of aromatic hydroxyl groups is 1. The van der Waals surface area contributed by atoms with Crippen molar-refractivity contribution in [2.24, 2.45) is 5.92 Å². The van der Waals surface area contributed by atoms with Gasteiger partial charge < -0.3 is 10.4 Å². The van der Waals surface area contributed by atoms with Crippen LogP contribution >= 0.6 is 24.8 Å². The average molecular weight is 434 g/mol. The molecule has 1 saturated heterocycles. The smallest absolute Gasteiger partial charge is 0.123 e. The Morgan fingerprint density at radius 3 is 1.71 bits per heavy atom. The molecule has 28 heavy (non-hydrogen) atoms. The Balaban J connectivity index is 0.00000364. The number of hydrogen-bond acceptors (Lipinski definition) is 3. The molecule has 2 N–H and O–H groups in total. The Morgan fingerprint density at radius 2 is 1.36 bits per heavy atom. The largest absolute Gasteiger partial charge is 0.507 e. The normalized spacial score (nSPS) is 17.0. The molecule has 0 saturated carbocycles. The molecule has 1 heterocycles. The van der Waals surface area contributed by atoms with Gasteiger partial charge in [0, 0.05) is 32.2 Å². The topological polar surface area (TPSA) is 35.5 Å². The van der Waals surface area contributed by atoms with E-state index in [-0.39, 0.29) is 35.6 Å². The van der Waals surface area contributed by atoms with E-state index in [1.54, 1.807) is 0 Å². The van der Waals surface area contributed by atoms with E-state index in [1.807, 2.05) is 0 Å². The Kier molecular flexibility index (Phi) is 10.3. The molecular formula is C23H42Cl2N2O. The van der Waals surface area contributed by atoms with Gasteiger partial charge in [-0.3, -0.25) is 4.90 Å². The molecule has 0 aliphatic carbocycles. The summed E-state index contributed by atoms with van der Waals surface area (Å²) in [5.74, 6) is 1.12. The lowest BCUT2D eigenvalue weighted by Crippen LogP contribution is -2.45. The van der Waals surface area contributed by atoms with Gasteiger partial charge in [0.25, 0.3) is 0 Å². The highest BCUT2D eigenvalue weighted by molar-refractivity contribution is 5.85. The zero-order valence-electron chi connectivity index (χ0n) is 19.1. The van der Waals surface area contributed by atoms with E-state index >= 15 is 0 Å². The maximum atomic E-state index is 11.0. The number of benzene rings is 1.